The second-order valence-corrected chi connectivity index (χ2v) is 9.78. The Labute approximate surface area is 263 Å². The number of allylic oxidation sites excluding steroid dienone is 2. The van der Waals surface area contributed by atoms with Crippen molar-refractivity contribution in [3.8, 4) is 23.0 Å². The Morgan fingerprint density at radius 2 is 1.33 bits per heavy atom. The van der Waals surface area contributed by atoms with E-state index in [0.717, 1.165) is 0 Å². The summed E-state index contributed by atoms with van der Waals surface area (Å²) in [5.74, 6) is -1.25. The van der Waals surface area contributed by atoms with Crippen LogP contribution in [0.4, 0.5) is 15.8 Å². The Bertz CT molecular complexity index is 1770. The molecule has 1 heterocycles. The number of hydrogen-bond acceptors (Lipinski definition) is 9. The molecular weight excluding hydrogens is 595 g/mol. The summed E-state index contributed by atoms with van der Waals surface area (Å²) in [6.07, 6.45) is 5.44. The lowest BCUT2D eigenvalue weighted by Gasteiger charge is -2.09. The summed E-state index contributed by atoms with van der Waals surface area (Å²) in [6.45, 7) is 0. The van der Waals surface area contributed by atoms with Crippen LogP contribution in [0.15, 0.2) is 91.0 Å². The van der Waals surface area contributed by atoms with Crippen molar-refractivity contribution in [1.29, 1.82) is 0 Å². The number of ether oxygens (including phenoxy) is 2. The minimum atomic E-state index is -0.426. The molecule has 0 radical (unpaired) electrons. The first-order valence-corrected chi connectivity index (χ1v) is 13.7. The summed E-state index contributed by atoms with van der Waals surface area (Å²) in [5.41, 5.74) is 3.15. The molecule has 11 heteroatoms. The lowest BCUT2D eigenvalue weighted by molar-refractivity contribution is -0.121. The van der Waals surface area contributed by atoms with Crippen LogP contribution in [0.2, 0.25) is 0 Å². The second kappa shape index (κ2) is 15.0. The fourth-order valence-electron chi connectivity index (χ4n) is 4.28. The standard InChI is InChI=1S/C21H20O6.C14H9FN2O2/c1-26-20-11-14(5-9-18(20)24)3-7-16(22)13-17(23)8-4-15-6-10-19(25)21(12-15)27-2;15-8-4-6-9(7-5-8)16-11-3-1-2-10-12(11)14(19)17-13(10)18/h3-12,24-25H,13H2,1-2H3;1-7,16H,(H,17,18,19)/b7-3+,8-4+;. The van der Waals surface area contributed by atoms with Crippen LogP contribution < -0.4 is 20.1 Å². The van der Waals surface area contributed by atoms with E-state index >= 15 is 0 Å². The first-order valence-electron chi connectivity index (χ1n) is 13.7. The number of benzene rings is 4. The van der Waals surface area contributed by atoms with E-state index < -0.39 is 11.8 Å². The molecule has 0 saturated heterocycles. The molecule has 4 aromatic rings. The van der Waals surface area contributed by atoms with Crippen LogP contribution in [-0.4, -0.2) is 47.8 Å². The van der Waals surface area contributed by atoms with Crippen molar-refractivity contribution in [1.82, 2.24) is 5.32 Å². The van der Waals surface area contributed by atoms with Gasteiger partial charge in [0.05, 0.1) is 37.5 Å². The molecule has 234 valence electrons. The highest BCUT2D eigenvalue weighted by Crippen LogP contribution is 2.29. The summed E-state index contributed by atoms with van der Waals surface area (Å²) < 4.78 is 22.8. The van der Waals surface area contributed by atoms with Gasteiger partial charge in [0.2, 0.25) is 0 Å². The molecule has 46 heavy (non-hydrogen) atoms. The summed E-state index contributed by atoms with van der Waals surface area (Å²) in [6, 6.07) is 20.1. The number of phenolic OH excluding ortho intramolecular Hbond substituents is 2. The quantitative estimate of drug-likeness (QED) is 0.0972. The van der Waals surface area contributed by atoms with Crippen molar-refractivity contribution < 1.29 is 43.3 Å². The third-order valence-electron chi connectivity index (χ3n) is 6.57. The third kappa shape index (κ3) is 8.44. The molecule has 0 unspecified atom stereocenters. The number of aromatic hydroxyl groups is 2. The number of carbonyl (C=O) groups excluding carboxylic acids is 4. The number of amides is 2. The molecule has 4 N–H and O–H groups in total. The molecule has 1 aliphatic rings. The number of ketones is 2. The largest absolute Gasteiger partial charge is 0.504 e. The van der Waals surface area contributed by atoms with E-state index in [9.17, 15) is 33.8 Å². The van der Waals surface area contributed by atoms with E-state index in [-0.39, 0.29) is 35.3 Å². The predicted molar refractivity (Wildman–Crippen MR) is 170 cm³/mol. The van der Waals surface area contributed by atoms with Gasteiger partial charge in [-0.3, -0.25) is 24.5 Å². The van der Waals surface area contributed by atoms with E-state index in [2.05, 4.69) is 10.6 Å². The van der Waals surface area contributed by atoms with Crippen LogP contribution in [-0.2, 0) is 9.59 Å². The number of fused-ring (bicyclic) bond motifs is 1. The minimum Gasteiger partial charge on any atom is -0.504 e. The fraction of sp³-hybridized carbons (Fsp3) is 0.0857. The smallest absolute Gasteiger partial charge is 0.261 e. The van der Waals surface area contributed by atoms with Gasteiger partial charge in [-0.15, -0.1) is 0 Å². The van der Waals surface area contributed by atoms with Gasteiger partial charge in [0, 0.05) is 5.69 Å². The first kappa shape index (κ1) is 32.7. The molecular formula is C35H29FN2O8. The maximum absolute atomic E-state index is 12.8. The second-order valence-electron chi connectivity index (χ2n) is 9.78. The van der Waals surface area contributed by atoms with Crippen LogP contribution in [0.3, 0.4) is 0 Å². The van der Waals surface area contributed by atoms with Gasteiger partial charge in [-0.25, -0.2) is 4.39 Å². The summed E-state index contributed by atoms with van der Waals surface area (Å²) in [5, 5.41) is 24.3. The SMILES string of the molecule is COc1cc(/C=C/C(=O)CC(=O)/C=C/c2ccc(O)c(OC)c2)ccc1O.O=C1NC(=O)c2c(Nc3ccc(F)cc3)cccc21. The van der Waals surface area contributed by atoms with Gasteiger partial charge in [-0.05, 0) is 83.9 Å². The van der Waals surface area contributed by atoms with Gasteiger partial charge in [0.25, 0.3) is 11.8 Å². The van der Waals surface area contributed by atoms with Crippen molar-refractivity contribution in [3.63, 3.8) is 0 Å². The topological polar surface area (TPSA) is 151 Å². The number of anilines is 2. The molecule has 0 aromatic heterocycles. The molecule has 0 spiro atoms. The lowest BCUT2D eigenvalue weighted by Crippen LogP contribution is -2.20. The van der Waals surface area contributed by atoms with E-state index in [1.54, 1.807) is 66.7 Å². The van der Waals surface area contributed by atoms with Crippen molar-refractivity contribution >= 4 is 46.9 Å². The van der Waals surface area contributed by atoms with Gasteiger partial charge in [-0.1, -0.05) is 30.4 Å². The number of imide groups is 1. The average molecular weight is 625 g/mol. The van der Waals surface area contributed by atoms with Crippen LogP contribution in [0.5, 0.6) is 23.0 Å². The van der Waals surface area contributed by atoms with Crippen molar-refractivity contribution in [2.24, 2.45) is 0 Å². The van der Waals surface area contributed by atoms with Crippen LogP contribution >= 0.6 is 0 Å². The number of nitrogens with one attached hydrogen (secondary N) is 2. The van der Waals surface area contributed by atoms with Crippen molar-refractivity contribution in [2.75, 3.05) is 19.5 Å². The van der Waals surface area contributed by atoms with E-state index in [1.165, 1.54) is 50.6 Å². The number of hydrogen-bond donors (Lipinski definition) is 4. The third-order valence-corrected chi connectivity index (χ3v) is 6.57. The first-order chi connectivity index (χ1) is 22.1. The maximum Gasteiger partial charge on any atom is 0.261 e. The highest BCUT2D eigenvalue weighted by molar-refractivity contribution is 6.24. The average Bonchev–Trinajstić information content (AvgIpc) is 3.35. The molecule has 1 aliphatic heterocycles. The summed E-state index contributed by atoms with van der Waals surface area (Å²) >= 11 is 0. The Kier molecular flexibility index (Phi) is 10.6. The molecule has 0 fully saturated rings. The molecule has 0 atom stereocenters. The molecule has 10 nitrogen and oxygen atoms in total. The monoisotopic (exact) mass is 624 g/mol. The van der Waals surface area contributed by atoms with Gasteiger partial charge < -0.3 is 25.0 Å². The highest BCUT2D eigenvalue weighted by atomic mass is 19.1. The summed E-state index contributed by atoms with van der Waals surface area (Å²) in [7, 11) is 2.87. The molecule has 4 aromatic carbocycles. The Hall–Kier alpha value is -6.23. The predicted octanol–water partition coefficient (Wildman–Crippen LogP) is 5.82. The zero-order valence-electron chi connectivity index (χ0n) is 24.7. The van der Waals surface area contributed by atoms with Crippen LogP contribution in [0, 0.1) is 5.82 Å². The van der Waals surface area contributed by atoms with Gasteiger partial charge >= 0.3 is 0 Å². The zero-order chi connectivity index (χ0) is 33.2. The lowest BCUT2D eigenvalue weighted by atomic mass is 10.1. The Morgan fingerprint density at radius 1 is 0.783 bits per heavy atom. The molecule has 0 bridgehead atoms. The van der Waals surface area contributed by atoms with E-state index in [1.807, 2.05) is 0 Å². The van der Waals surface area contributed by atoms with Crippen molar-refractivity contribution in [3.05, 3.63) is 119 Å². The molecule has 0 aliphatic carbocycles. The number of phenols is 2. The minimum absolute atomic E-state index is 0.00662. The molecule has 0 saturated carbocycles. The number of halogens is 1. The van der Waals surface area contributed by atoms with Crippen LogP contribution in [0.25, 0.3) is 12.2 Å². The summed E-state index contributed by atoms with van der Waals surface area (Å²) in [4.78, 5) is 47.1. The van der Waals surface area contributed by atoms with Gasteiger partial charge in [0.1, 0.15) is 5.82 Å². The van der Waals surface area contributed by atoms with Gasteiger partial charge in [-0.2, -0.15) is 0 Å². The number of methoxy groups -OCH3 is 2. The normalized spacial score (nSPS) is 11.9. The number of rotatable bonds is 10. The van der Waals surface area contributed by atoms with Gasteiger partial charge in [0.15, 0.2) is 34.6 Å². The number of carbonyl (C=O) groups is 4. The zero-order valence-corrected chi connectivity index (χ0v) is 24.7. The van der Waals surface area contributed by atoms with Crippen molar-refractivity contribution in [2.45, 2.75) is 6.42 Å². The fourth-order valence-corrected chi connectivity index (χ4v) is 4.28. The molecule has 2 amide bonds. The van der Waals surface area contributed by atoms with E-state index in [4.69, 9.17) is 9.47 Å². The Balaban J connectivity index is 0.000000221. The molecule has 5 rings (SSSR count). The van der Waals surface area contributed by atoms with Crippen LogP contribution in [0.1, 0.15) is 38.3 Å². The maximum atomic E-state index is 12.8. The van der Waals surface area contributed by atoms with E-state index in [0.29, 0.717) is 45.1 Å². The Morgan fingerprint density at radius 3 is 1.85 bits per heavy atom. The highest BCUT2D eigenvalue weighted by Gasteiger charge is 2.29.